The number of carbonyl (C=O) groups is 1. The van der Waals surface area contributed by atoms with Crippen LogP contribution in [-0.2, 0) is 0 Å². The number of carbonyl (C=O) groups excluding carboxylic acids is 1. The summed E-state index contributed by atoms with van der Waals surface area (Å²) in [6, 6.07) is 12.2. The number of nitrogens with zero attached hydrogens (tertiary/aromatic N) is 2. The van der Waals surface area contributed by atoms with E-state index < -0.39 is 0 Å². The van der Waals surface area contributed by atoms with Gasteiger partial charge in [-0.05, 0) is 43.0 Å². The Balaban J connectivity index is 1.82. The van der Waals surface area contributed by atoms with Gasteiger partial charge in [0.05, 0.1) is 6.04 Å². The maximum atomic E-state index is 12.8. The third-order valence-electron chi connectivity index (χ3n) is 4.61. The lowest BCUT2D eigenvalue weighted by atomic mass is 9.99. The molecule has 1 atom stereocenters. The first-order valence-corrected chi connectivity index (χ1v) is 8.76. The summed E-state index contributed by atoms with van der Waals surface area (Å²) in [5.41, 5.74) is 3.36. The predicted molar refractivity (Wildman–Crippen MR) is 95.8 cm³/mol. The van der Waals surface area contributed by atoms with E-state index >= 15 is 0 Å². The summed E-state index contributed by atoms with van der Waals surface area (Å²) >= 11 is 0. The van der Waals surface area contributed by atoms with Gasteiger partial charge in [0.2, 0.25) is 0 Å². The molecule has 0 bridgehead atoms. The minimum atomic E-state index is -0.149. The van der Waals surface area contributed by atoms with Gasteiger partial charge in [-0.25, -0.2) is 4.79 Å². The van der Waals surface area contributed by atoms with Crippen molar-refractivity contribution in [3.63, 3.8) is 0 Å². The Kier molecular flexibility index (Phi) is 5.47. The number of hydrogen-bond donors (Lipinski definition) is 1. The minimum Gasteiger partial charge on any atom is -0.327 e. The molecule has 1 aliphatic rings. The number of benzene rings is 1. The molecule has 0 unspecified atom stereocenters. The van der Waals surface area contributed by atoms with Gasteiger partial charge in [-0.1, -0.05) is 42.7 Å². The maximum absolute atomic E-state index is 12.8. The second-order valence-electron chi connectivity index (χ2n) is 6.47. The van der Waals surface area contributed by atoms with Crippen molar-refractivity contribution in [3.8, 4) is 0 Å². The highest BCUT2D eigenvalue weighted by atomic mass is 16.2. The summed E-state index contributed by atoms with van der Waals surface area (Å²) < 4.78 is 0. The molecule has 1 aromatic carbocycles. The largest absolute Gasteiger partial charge is 0.327 e. The number of rotatable bonds is 3. The van der Waals surface area contributed by atoms with Gasteiger partial charge in [0, 0.05) is 25.5 Å². The number of aryl methyl sites for hydroxylation is 1. The van der Waals surface area contributed by atoms with Crippen molar-refractivity contribution in [2.24, 2.45) is 0 Å². The van der Waals surface area contributed by atoms with E-state index in [-0.39, 0.29) is 12.1 Å². The van der Waals surface area contributed by atoms with E-state index in [0.717, 1.165) is 37.1 Å². The van der Waals surface area contributed by atoms with Crippen molar-refractivity contribution < 1.29 is 4.79 Å². The van der Waals surface area contributed by atoms with Gasteiger partial charge < -0.3 is 10.2 Å². The smallest absolute Gasteiger partial charge is 0.318 e. The van der Waals surface area contributed by atoms with Gasteiger partial charge in [0.1, 0.15) is 0 Å². The van der Waals surface area contributed by atoms with Gasteiger partial charge in [-0.2, -0.15) is 0 Å². The van der Waals surface area contributed by atoms with E-state index in [2.05, 4.69) is 41.5 Å². The van der Waals surface area contributed by atoms with Crippen molar-refractivity contribution in [1.29, 1.82) is 0 Å². The van der Waals surface area contributed by atoms with Gasteiger partial charge in [0.15, 0.2) is 0 Å². The fourth-order valence-electron chi connectivity index (χ4n) is 3.16. The molecule has 0 radical (unpaired) electrons. The zero-order chi connectivity index (χ0) is 16.8. The number of nitrogens with one attached hydrogen (secondary N) is 1. The Labute approximate surface area is 143 Å². The number of amides is 2. The molecule has 2 aromatic rings. The molecule has 0 aliphatic carbocycles. The summed E-state index contributed by atoms with van der Waals surface area (Å²) in [4.78, 5) is 18.8. The van der Waals surface area contributed by atoms with E-state index in [1.807, 2.05) is 17.0 Å². The van der Waals surface area contributed by atoms with E-state index in [0.29, 0.717) is 0 Å². The van der Waals surface area contributed by atoms with Gasteiger partial charge in [0.25, 0.3) is 0 Å². The normalized spacial score (nSPS) is 16.3. The van der Waals surface area contributed by atoms with E-state index in [9.17, 15) is 4.79 Å². The third-order valence-corrected chi connectivity index (χ3v) is 4.61. The van der Waals surface area contributed by atoms with Crippen LogP contribution in [-0.4, -0.2) is 29.0 Å². The van der Waals surface area contributed by atoms with Crippen LogP contribution in [0, 0.1) is 6.92 Å². The lowest BCUT2D eigenvalue weighted by Crippen LogP contribution is -2.42. The molecule has 0 spiro atoms. The molecule has 1 aliphatic heterocycles. The van der Waals surface area contributed by atoms with Crippen molar-refractivity contribution in [2.75, 3.05) is 13.1 Å². The molecule has 1 aromatic heterocycles. The molecule has 3 rings (SSSR count). The highest BCUT2D eigenvalue weighted by molar-refractivity contribution is 5.75. The van der Waals surface area contributed by atoms with Crippen LogP contribution in [0.3, 0.4) is 0 Å². The lowest BCUT2D eigenvalue weighted by Gasteiger charge is -2.26. The van der Waals surface area contributed by atoms with Crippen molar-refractivity contribution >= 4 is 6.03 Å². The molecule has 2 heterocycles. The number of likely N-dealkylation sites (tertiary alicyclic amines) is 1. The number of hydrogen-bond acceptors (Lipinski definition) is 2. The first-order chi connectivity index (χ1) is 11.7. The molecule has 1 fully saturated rings. The summed E-state index contributed by atoms with van der Waals surface area (Å²) in [7, 11) is 0. The highest BCUT2D eigenvalue weighted by Crippen LogP contribution is 2.23. The van der Waals surface area contributed by atoms with Crippen molar-refractivity contribution in [1.82, 2.24) is 15.2 Å². The van der Waals surface area contributed by atoms with Crippen molar-refractivity contribution in [3.05, 3.63) is 65.5 Å². The predicted octanol–water partition coefficient (Wildman–Crippen LogP) is 4.07. The number of pyridine rings is 1. The average molecular weight is 323 g/mol. The van der Waals surface area contributed by atoms with Crippen LogP contribution < -0.4 is 5.32 Å². The van der Waals surface area contributed by atoms with Gasteiger partial charge in [-0.15, -0.1) is 0 Å². The summed E-state index contributed by atoms with van der Waals surface area (Å²) in [6.07, 6.45) is 8.17. The molecule has 1 N–H and O–H groups in total. The molecule has 126 valence electrons. The molecule has 24 heavy (non-hydrogen) atoms. The molecule has 2 amide bonds. The summed E-state index contributed by atoms with van der Waals surface area (Å²) in [5, 5.41) is 3.23. The van der Waals surface area contributed by atoms with Crippen LogP contribution in [0.5, 0.6) is 0 Å². The maximum Gasteiger partial charge on any atom is 0.318 e. The molecule has 0 saturated carbocycles. The Morgan fingerprint density at radius 3 is 2.17 bits per heavy atom. The van der Waals surface area contributed by atoms with Gasteiger partial charge in [-0.3, -0.25) is 4.98 Å². The molecule has 4 heteroatoms. The first-order valence-electron chi connectivity index (χ1n) is 8.76. The second-order valence-corrected chi connectivity index (χ2v) is 6.47. The number of aromatic nitrogens is 1. The quantitative estimate of drug-likeness (QED) is 0.925. The topological polar surface area (TPSA) is 45.2 Å². The first kappa shape index (κ1) is 16.5. The van der Waals surface area contributed by atoms with Crippen LogP contribution in [0.2, 0.25) is 0 Å². The van der Waals surface area contributed by atoms with Crippen LogP contribution >= 0.6 is 0 Å². The van der Waals surface area contributed by atoms with E-state index in [1.165, 1.54) is 18.4 Å². The highest BCUT2D eigenvalue weighted by Gasteiger charge is 2.21. The molecule has 4 nitrogen and oxygen atoms in total. The lowest BCUT2D eigenvalue weighted by molar-refractivity contribution is 0.197. The Morgan fingerprint density at radius 1 is 0.958 bits per heavy atom. The zero-order valence-electron chi connectivity index (χ0n) is 14.2. The average Bonchev–Trinajstić information content (AvgIpc) is 2.91. The molecule has 1 saturated heterocycles. The second kappa shape index (κ2) is 7.95. The van der Waals surface area contributed by atoms with Gasteiger partial charge >= 0.3 is 6.03 Å². The number of urea groups is 1. The van der Waals surface area contributed by atoms with E-state index in [4.69, 9.17) is 0 Å². The van der Waals surface area contributed by atoms with Crippen LogP contribution in [0.1, 0.15) is 48.4 Å². The van der Waals surface area contributed by atoms with Crippen molar-refractivity contribution in [2.45, 2.75) is 38.6 Å². The zero-order valence-corrected chi connectivity index (χ0v) is 14.2. The van der Waals surface area contributed by atoms with Crippen LogP contribution in [0.4, 0.5) is 4.79 Å². The molecular weight excluding hydrogens is 298 g/mol. The Bertz CT molecular complexity index is 646. The van der Waals surface area contributed by atoms with Crippen LogP contribution in [0.25, 0.3) is 0 Å². The minimum absolute atomic E-state index is 0.0271. The molecular formula is C20H25N3O. The summed E-state index contributed by atoms with van der Waals surface area (Å²) in [6.45, 7) is 3.77. The Morgan fingerprint density at radius 2 is 1.54 bits per heavy atom. The fraction of sp³-hybridized carbons (Fsp3) is 0.400. The standard InChI is InChI=1S/C20H25N3O/c1-16-6-8-17(9-7-16)19(18-10-12-21-13-11-18)22-20(24)23-14-4-2-3-5-15-23/h6-13,19H,2-5,14-15H2,1H3,(H,22,24)/t19-/m0/s1. The fourth-order valence-corrected chi connectivity index (χ4v) is 3.16. The monoisotopic (exact) mass is 323 g/mol. The van der Waals surface area contributed by atoms with Crippen LogP contribution in [0.15, 0.2) is 48.8 Å². The Hall–Kier alpha value is -2.36. The third kappa shape index (κ3) is 4.13. The summed E-state index contributed by atoms with van der Waals surface area (Å²) in [5.74, 6) is 0. The van der Waals surface area contributed by atoms with E-state index in [1.54, 1.807) is 12.4 Å². The SMILES string of the molecule is Cc1ccc([C@H](NC(=O)N2CCCCCC2)c2ccncc2)cc1.